The lowest BCUT2D eigenvalue weighted by molar-refractivity contribution is 0.0684. The molecule has 0 saturated heterocycles. The zero-order valence-electron chi connectivity index (χ0n) is 9.90. The van der Waals surface area contributed by atoms with E-state index in [1.807, 2.05) is 6.92 Å². The third-order valence-corrected chi connectivity index (χ3v) is 3.86. The number of carboxylic acids is 1. The first-order chi connectivity index (χ1) is 8.90. The van der Waals surface area contributed by atoms with E-state index in [-0.39, 0.29) is 11.7 Å². The molecule has 1 aromatic carbocycles. The van der Waals surface area contributed by atoms with Crippen molar-refractivity contribution in [2.24, 2.45) is 0 Å². The van der Waals surface area contributed by atoms with E-state index in [0.29, 0.717) is 14.5 Å². The number of hydrogen-bond acceptors (Lipinski definition) is 1. The van der Waals surface area contributed by atoms with Gasteiger partial charge in [-0.25, -0.2) is 4.79 Å². The predicted octanol–water partition coefficient (Wildman–Crippen LogP) is 4.86. The number of rotatable bonds is 3. The van der Waals surface area contributed by atoms with Crippen molar-refractivity contribution in [1.29, 1.82) is 0 Å². The first kappa shape index (κ1) is 14.4. The predicted molar refractivity (Wildman–Crippen MR) is 79.4 cm³/mol. The van der Waals surface area contributed by atoms with Crippen LogP contribution in [0.2, 0.25) is 10.0 Å². The summed E-state index contributed by atoms with van der Waals surface area (Å²) in [6, 6.07) is 6.53. The first-order valence-corrected chi connectivity index (χ1v) is 7.00. The molecular formula is C13H10BrCl2NO2. The van der Waals surface area contributed by atoms with Gasteiger partial charge in [-0.2, -0.15) is 0 Å². The molecule has 0 amide bonds. The van der Waals surface area contributed by atoms with Crippen LogP contribution in [0.4, 0.5) is 0 Å². The maximum absolute atomic E-state index is 11.2. The topological polar surface area (TPSA) is 42.2 Å². The number of hydrogen-bond donors (Lipinski definition) is 1. The normalized spacial score (nSPS) is 12.4. The van der Waals surface area contributed by atoms with E-state index in [2.05, 4.69) is 15.9 Å². The van der Waals surface area contributed by atoms with Crippen molar-refractivity contribution in [3.63, 3.8) is 0 Å². The molecule has 6 heteroatoms. The van der Waals surface area contributed by atoms with Gasteiger partial charge in [0.15, 0.2) is 0 Å². The summed E-state index contributed by atoms with van der Waals surface area (Å²) in [6.07, 6.45) is 1.72. The lowest BCUT2D eigenvalue weighted by atomic mass is 10.1. The number of aromatic carboxylic acids is 1. The van der Waals surface area contributed by atoms with Crippen molar-refractivity contribution >= 4 is 45.1 Å². The van der Waals surface area contributed by atoms with E-state index >= 15 is 0 Å². The number of benzene rings is 1. The Bertz CT molecular complexity index is 640. The summed E-state index contributed by atoms with van der Waals surface area (Å²) in [5.41, 5.74) is 1.02. The van der Waals surface area contributed by atoms with Crippen LogP contribution < -0.4 is 0 Å². The molecule has 1 heterocycles. The standard InChI is InChI=1S/C13H10BrCl2NO2/c1-7(10-3-2-9(15)5-11(10)16)17-6-8(14)4-12(17)13(18)19/h2-7H,1H3,(H,18,19). The Morgan fingerprint density at radius 3 is 2.63 bits per heavy atom. The highest BCUT2D eigenvalue weighted by Crippen LogP contribution is 2.30. The Hall–Kier alpha value is -0.970. The van der Waals surface area contributed by atoms with Gasteiger partial charge in [0, 0.05) is 20.7 Å². The highest BCUT2D eigenvalue weighted by Gasteiger charge is 2.19. The van der Waals surface area contributed by atoms with Crippen LogP contribution in [0.1, 0.15) is 29.0 Å². The van der Waals surface area contributed by atoms with Crippen LogP contribution in [0, 0.1) is 0 Å². The Morgan fingerprint density at radius 1 is 1.37 bits per heavy atom. The minimum atomic E-state index is -0.984. The summed E-state index contributed by atoms with van der Waals surface area (Å²) >= 11 is 15.3. The highest BCUT2D eigenvalue weighted by atomic mass is 79.9. The van der Waals surface area contributed by atoms with E-state index < -0.39 is 5.97 Å². The average molecular weight is 363 g/mol. The van der Waals surface area contributed by atoms with Crippen molar-refractivity contribution in [3.8, 4) is 0 Å². The summed E-state index contributed by atoms with van der Waals surface area (Å²) < 4.78 is 2.36. The summed E-state index contributed by atoms with van der Waals surface area (Å²) in [6.45, 7) is 1.88. The third kappa shape index (κ3) is 2.96. The van der Waals surface area contributed by atoms with Crippen LogP contribution in [0.3, 0.4) is 0 Å². The quantitative estimate of drug-likeness (QED) is 0.846. The van der Waals surface area contributed by atoms with Gasteiger partial charge in [0.2, 0.25) is 0 Å². The number of carboxylic acid groups (broad SMARTS) is 1. The van der Waals surface area contributed by atoms with E-state index in [1.165, 1.54) is 0 Å². The zero-order chi connectivity index (χ0) is 14.2. The zero-order valence-corrected chi connectivity index (χ0v) is 13.0. The van der Waals surface area contributed by atoms with Gasteiger partial charge >= 0.3 is 5.97 Å². The highest BCUT2D eigenvalue weighted by molar-refractivity contribution is 9.10. The average Bonchev–Trinajstić information content (AvgIpc) is 2.70. The van der Waals surface area contributed by atoms with Gasteiger partial charge in [0.05, 0.1) is 6.04 Å². The molecule has 2 rings (SSSR count). The van der Waals surface area contributed by atoms with Crippen LogP contribution in [0.25, 0.3) is 0 Å². The van der Waals surface area contributed by atoms with E-state index in [1.54, 1.807) is 35.0 Å². The molecule has 2 aromatic rings. The summed E-state index contributed by atoms with van der Waals surface area (Å²) in [5.74, 6) is -0.984. The molecule has 0 radical (unpaired) electrons. The molecule has 0 aliphatic heterocycles. The molecule has 0 spiro atoms. The first-order valence-electron chi connectivity index (χ1n) is 5.45. The van der Waals surface area contributed by atoms with Crippen molar-refractivity contribution in [2.45, 2.75) is 13.0 Å². The number of aromatic nitrogens is 1. The molecule has 0 aliphatic carbocycles. The summed E-state index contributed by atoms with van der Waals surface area (Å²) in [5, 5.41) is 10.3. The molecule has 1 atom stereocenters. The Morgan fingerprint density at radius 2 is 2.05 bits per heavy atom. The van der Waals surface area contributed by atoms with Crippen molar-refractivity contribution < 1.29 is 9.90 Å². The Kier molecular flexibility index (Phi) is 4.23. The summed E-state index contributed by atoms with van der Waals surface area (Å²) in [7, 11) is 0. The second-order valence-corrected chi connectivity index (χ2v) is 5.86. The fraction of sp³-hybridized carbons (Fsp3) is 0.154. The Balaban J connectivity index is 2.49. The van der Waals surface area contributed by atoms with Gasteiger partial charge in [0.25, 0.3) is 0 Å². The van der Waals surface area contributed by atoms with Gasteiger partial charge in [-0.1, -0.05) is 29.3 Å². The molecule has 1 unspecified atom stereocenters. The van der Waals surface area contributed by atoms with E-state index in [4.69, 9.17) is 23.2 Å². The maximum atomic E-state index is 11.2. The van der Waals surface area contributed by atoms with Crippen molar-refractivity contribution in [1.82, 2.24) is 4.57 Å². The van der Waals surface area contributed by atoms with Crippen LogP contribution in [-0.2, 0) is 0 Å². The van der Waals surface area contributed by atoms with Crippen molar-refractivity contribution in [3.05, 3.63) is 56.2 Å². The molecule has 0 saturated carbocycles. The Labute approximate surface area is 128 Å². The molecule has 0 aliphatic rings. The van der Waals surface area contributed by atoms with Gasteiger partial charge in [0.1, 0.15) is 5.69 Å². The van der Waals surface area contributed by atoms with Gasteiger partial charge < -0.3 is 9.67 Å². The largest absolute Gasteiger partial charge is 0.477 e. The van der Waals surface area contributed by atoms with Crippen molar-refractivity contribution in [2.75, 3.05) is 0 Å². The molecule has 1 aromatic heterocycles. The minimum Gasteiger partial charge on any atom is -0.477 e. The van der Waals surface area contributed by atoms with Crippen LogP contribution >= 0.6 is 39.1 Å². The lowest BCUT2D eigenvalue weighted by Crippen LogP contribution is -2.13. The molecule has 1 N–H and O–H groups in total. The number of carbonyl (C=O) groups is 1. The monoisotopic (exact) mass is 361 g/mol. The van der Waals surface area contributed by atoms with Crippen LogP contribution in [-0.4, -0.2) is 15.6 Å². The molecule has 19 heavy (non-hydrogen) atoms. The fourth-order valence-corrected chi connectivity index (χ4v) is 2.93. The van der Waals surface area contributed by atoms with E-state index in [9.17, 15) is 9.90 Å². The summed E-state index contributed by atoms with van der Waals surface area (Å²) in [4.78, 5) is 11.2. The fourth-order valence-electron chi connectivity index (χ4n) is 1.93. The molecule has 100 valence electrons. The molecule has 0 bridgehead atoms. The van der Waals surface area contributed by atoms with Gasteiger partial charge in [-0.05, 0) is 46.6 Å². The second kappa shape index (κ2) is 5.57. The van der Waals surface area contributed by atoms with E-state index in [0.717, 1.165) is 5.56 Å². The van der Waals surface area contributed by atoms with Gasteiger partial charge in [-0.15, -0.1) is 0 Å². The molecular weight excluding hydrogens is 353 g/mol. The molecule has 0 fully saturated rings. The van der Waals surface area contributed by atoms with Crippen LogP contribution in [0.5, 0.6) is 0 Å². The lowest BCUT2D eigenvalue weighted by Gasteiger charge is -2.17. The molecule has 3 nitrogen and oxygen atoms in total. The maximum Gasteiger partial charge on any atom is 0.352 e. The SMILES string of the molecule is CC(c1ccc(Cl)cc1Cl)n1cc(Br)cc1C(=O)O. The number of nitrogens with zero attached hydrogens (tertiary/aromatic N) is 1. The minimum absolute atomic E-state index is 0.199. The smallest absolute Gasteiger partial charge is 0.352 e. The van der Waals surface area contributed by atoms with Gasteiger partial charge in [-0.3, -0.25) is 0 Å². The second-order valence-electron chi connectivity index (χ2n) is 4.10. The van der Waals surface area contributed by atoms with Crippen LogP contribution in [0.15, 0.2) is 34.9 Å². The number of halogens is 3. The third-order valence-electron chi connectivity index (χ3n) is 2.86.